The SMILES string of the molecule is O.O.O.O=C([O-])[O-].[Al+3]. The van der Waals surface area contributed by atoms with E-state index in [1.165, 1.54) is 0 Å². The van der Waals surface area contributed by atoms with Gasteiger partial charge in [0.05, 0.1) is 0 Å². The Morgan fingerprint density at radius 1 is 1.00 bits per heavy atom. The summed E-state index contributed by atoms with van der Waals surface area (Å²) in [5.41, 5.74) is 0. The molecule has 0 bridgehead atoms. The molecule has 0 aliphatic rings. The van der Waals surface area contributed by atoms with E-state index in [1.54, 1.807) is 0 Å². The summed E-state index contributed by atoms with van der Waals surface area (Å²) in [6, 6.07) is 0. The van der Waals surface area contributed by atoms with Crippen molar-refractivity contribution in [2.45, 2.75) is 0 Å². The molecular weight excluding hydrogens is 135 g/mol. The predicted molar refractivity (Wildman–Crippen MR) is 22.0 cm³/mol. The fourth-order valence-corrected chi connectivity index (χ4v) is 0. The van der Waals surface area contributed by atoms with Crippen LogP contribution in [0.5, 0.6) is 0 Å². The van der Waals surface area contributed by atoms with Crippen molar-refractivity contribution in [1.29, 1.82) is 0 Å². The summed E-state index contributed by atoms with van der Waals surface area (Å²) in [5.74, 6) is 0. The minimum atomic E-state index is -2.33. The normalized spacial score (nSPS) is 3.00. The van der Waals surface area contributed by atoms with Gasteiger partial charge < -0.3 is 31.4 Å². The number of hydrogen-bond donors (Lipinski definition) is 0. The van der Waals surface area contributed by atoms with Crippen LogP contribution in [0.15, 0.2) is 0 Å². The number of carboxylic acid groups (broad SMARTS) is 2. The van der Waals surface area contributed by atoms with Crippen molar-refractivity contribution >= 4 is 23.5 Å². The Balaban J connectivity index is -0.00000000750. The van der Waals surface area contributed by atoms with Crippen LogP contribution in [0.25, 0.3) is 0 Å². The van der Waals surface area contributed by atoms with Crippen molar-refractivity contribution in [1.82, 2.24) is 0 Å². The molecule has 0 aliphatic heterocycles. The van der Waals surface area contributed by atoms with Crippen LogP contribution in [-0.2, 0) is 0 Å². The summed E-state index contributed by atoms with van der Waals surface area (Å²) >= 11 is 0. The Kier molecular flexibility index (Phi) is 179. The van der Waals surface area contributed by atoms with Crippen LogP contribution in [0.3, 0.4) is 0 Å². The molecule has 0 aromatic heterocycles. The van der Waals surface area contributed by atoms with Gasteiger partial charge in [-0.3, -0.25) is 0 Å². The van der Waals surface area contributed by atoms with E-state index in [-0.39, 0.29) is 33.8 Å². The molecule has 8 heavy (non-hydrogen) atoms. The van der Waals surface area contributed by atoms with Crippen molar-refractivity contribution in [2.24, 2.45) is 0 Å². The van der Waals surface area contributed by atoms with E-state index in [1.807, 2.05) is 0 Å². The smallest absolute Gasteiger partial charge is 0.652 e. The third kappa shape index (κ3) is 1240. The van der Waals surface area contributed by atoms with Crippen LogP contribution in [0, 0.1) is 0 Å². The molecule has 6 nitrogen and oxygen atoms in total. The molecule has 0 saturated heterocycles. The van der Waals surface area contributed by atoms with E-state index in [9.17, 15) is 0 Å². The molecule has 0 unspecified atom stereocenters. The molecule has 0 saturated carbocycles. The minimum Gasteiger partial charge on any atom is -0.652 e. The Labute approximate surface area is 55.8 Å². The summed E-state index contributed by atoms with van der Waals surface area (Å²) < 4.78 is 0. The van der Waals surface area contributed by atoms with Crippen LogP contribution in [0.4, 0.5) is 4.79 Å². The first-order valence-corrected chi connectivity index (χ1v) is 0.612. The van der Waals surface area contributed by atoms with E-state index in [0.29, 0.717) is 0 Å². The van der Waals surface area contributed by atoms with Gasteiger partial charge in [0, 0.05) is 0 Å². The molecule has 0 heterocycles. The van der Waals surface area contributed by atoms with Gasteiger partial charge in [-0.15, -0.1) is 0 Å². The molecule has 0 fully saturated rings. The maximum atomic E-state index is 8.33. The first-order valence-electron chi connectivity index (χ1n) is 0.612. The summed E-state index contributed by atoms with van der Waals surface area (Å²) in [6.45, 7) is 0. The van der Waals surface area contributed by atoms with E-state index in [0.717, 1.165) is 0 Å². The molecular formula is CH6AlO6+. The molecule has 0 amide bonds. The predicted octanol–water partition coefficient (Wildman–Crippen LogP) is -5.30. The maximum absolute atomic E-state index is 8.33. The first kappa shape index (κ1) is 47.7. The van der Waals surface area contributed by atoms with Gasteiger partial charge in [0.1, 0.15) is 0 Å². The molecule has 0 spiro atoms. The average molecular weight is 141 g/mol. The topological polar surface area (TPSA) is 158 Å². The largest absolute Gasteiger partial charge is 3.00 e. The second-order valence-corrected chi connectivity index (χ2v) is 0.250. The molecule has 0 aromatic rings. The summed E-state index contributed by atoms with van der Waals surface area (Å²) in [4.78, 5) is 8.33. The average Bonchev–Trinajstić information content (AvgIpc) is 0.811. The molecule has 0 rings (SSSR count). The van der Waals surface area contributed by atoms with Crippen LogP contribution in [0.2, 0.25) is 0 Å². The Morgan fingerprint density at radius 3 is 1.00 bits per heavy atom. The zero-order valence-electron chi connectivity index (χ0n) is 3.80. The van der Waals surface area contributed by atoms with Gasteiger partial charge in [-0.1, -0.05) is 0 Å². The number of carbonyl (C=O) groups excluding carboxylic acids is 1. The molecule has 0 aliphatic carbocycles. The van der Waals surface area contributed by atoms with Gasteiger partial charge in [-0.2, -0.15) is 0 Å². The quantitative estimate of drug-likeness (QED) is 0.309. The Morgan fingerprint density at radius 2 is 1.00 bits per heavy atom. The number of carbonyl (C=O) groups is 1. The number of hydrogen-bond acceptors (Lipinski definition) is 3. The van der Waals surface area contributed by atoms with Crippen molar-refractivity contribution < 1.29 is 31.4 Å². The van der Waals surface area contributed by atoms with Crippen molar-refractivity contribution in [2.75, 3.05) is 0 Å². The van der Waals surface area contributed by atoms with Crippen LogP contribution >= 0.6 is 0 Å². The second kappa shape index (κ2) is 30.0. The zero-order valence-corrected chi connectivity index (χ0v) is 4.96. The fraction of sp³-hybridized carbons (Fsp3) is 0. The van der Waals surface area contributed by atoms with E-state index >= 15 is 0 Å². The van der Waals surface area contributed by atoms with E-state index in [4.69, 9.17) is 15.0 Å². The molecule has 7 heteroatoms. The number of rotatable bonds is 0. The maximum Gasteiger partial charge on any atom is 3.00 e. The van der Waals surface area contributed by atoms with Gasteiger partial charge in [-0.05, 0) is 6.16 Å². The molecule has 48 valence electrons. The second-order valence-electron chi connectivity index (χ2n) is 0.250. The molecule has 0 radical (unpaired) electrons. The van der Waals surface area contributed by atoms with E-state index < -0.39 is 6.16 Å². The Hall–Kier alpha value is -0.318. The van der Waals surface area contributed by atoms with Crippen LogP contribution in [0.1, 0.15) is 0 Å². The van der Waals surface area contributed by atoms with Gasteiger partial charge in [0.15, 0.2) is 0 Å². The van der Waals surface area contributed by atoms with Gasteiger partial charge in [0.2, 0.25) is 0 Å². The fourth-order valence-electron chi connectivity index (χ4n) is 0. The summed E-state index contributed by atoms with van der Waals surface area (Å²) in [5, 5.41) is 16.7. The monoisotopic (exact) mass is 141 g/mol. The van der Waals surface area contributed by atoms with Gasteiger partial charge in [-0.25, -0.2) is 0 Å². The summed E-state index contributed by atoms with van der Waals surface area (Å²) in [6.07, 6.45) is -2.33. The third-order valence-electron chi connectivity index (χ3n) is 0. The van der Waals surface area contributed by atoms with Crippen LogP contribution in [-0.4, -0.2) is 39.9 Å². The molecule has 0 atom stereocenters. The van der Waals surface area contributed by atoms with Gasteiger partial charge >= 0.3 is 17.4 Å². The third-order valence-corrected chi connectivity index (χ3v) is 0. The van der Waals surface area contributed by atoms with Crippen LogP contribution < -0.4 is 10.2 Å². The van der Waals surface area contributed by atoms with E-state index in [2.05, 4.69) is 0 Å². The van der Waals surface area contributed by atoms with Gasteiger partial charge in [0.25, 0.3) is 0 Å². The van der Waals surface area contributed by atoms with Crippen molar-refractivity contribution in [3.8, 4) is 0 Å². The molecule has 6 N–H and O–H groups in total. The standard InChI is InChI=1S/CH2O3.Al.3H2O/c2-1(3)4;;;;/h(H2,2,3,4);;3*1H2/q;+3;;;/p-2. The zero-order chi connectivity index (χ0) is 3.58. The van der Waals surface area contributed by atoms with Crippen molar-refractivity contribution in [3.05, 3.63) is 0 Å². The van der Waals surface area contributed by atoms with Crippen molar-refractivity contribution in [3.63, 3.8) is 0 Å². The summed E-state index contributed by atoms with van der Waals surface area (Å²) in [7, 11) is 0. The Bertz CT molecular complexity index is 31.5. The minimum absolute atomic E-state index is 0. The first-order chi connectivity index (χ1) is 1.73. The molecule has 0 aromatic carbocycles.